The lowest BCUT2D eigenvalue weighted by Crippen LogP contribution is -2.54. The molecule has 0 aromatic carbocycles. The predicted octanol–water partition coefficient (Wildman–Crippen LogP) is 1.26. The Labute approximate surface area is 154 Å². The van der Waals surface area contributed by atoms with E-state index in [1.165, 1.54) is 24.9 Å². The highest BCUT2D eigenvalue weighted by Crippen LogP contribution is 2.27. The van der Waals surface area contributed by atoms with Crippen molar-refractivity contribution in [3.05, 3.63) is 28.3 Å². The first kappa shape index (κ1) is 20.0. The van der Waals surface area contributed by atoms with E-state index in [1.807, 2.05) is 6.92 Å². The molecule has 1 aromatic rings. The number of aliphatic imine (C=N–C) groups is 1. The van der Waals surface area contributed by atoms with E-state index < -0.39 is 23.2 Å². The molecule has 0 radical (unpaired) electrons. The molecule has 0 unspecified atom stereocenters. The average molecular weight is 382 g/mol. The van der Waals surface area contributed by atoms with Crippen LogP contribution in [0.25, 0.3) is 0 Å². The molecule has 2 rings (SSSR count). The number of carbonyl (C=O) groups excluding carboxylic acids is 1. The third-order valence-electron chi connectivity index (χ3n) is 3.81. The molecule has 2 heterocycles. The van der Waals surface area contributed by atoms with Gasteiger partial charge >= 0.3 is 5.63 Å². The molecule has 0 fully saturated rings. The molecule has 4 N–H and O–H groups in total. The van der Waals surface area contributed by atoms with Gasteiger partial charge in [-0.05, 0) is 13.3 Å². The largest absolute Gasteiger partial charge is 0.496 e. The summed E-state index contributed by atoms with van der Waals surface area (Å²) < 4.78 is 10.3. The van der Waals surface area contributed by atoms with E-state index in [-0.39, 0.29) is 11.5 Å². The SMILES string of the molecule is CCC[C@H](NC(=O)[C@]1(N)CSC(/C(C)=N\O)=N1)c1cc(OC)cc(=O)o1. The number of oxime groups is 1. The smallest absolute Gasteiger partial charge is 0.339 e. The van der Waals surface area contributed by atoms with Crippen molar-refractivity contribution in [3.63, 3.8) is 0 Å². The molecule has 0 spiro atoms. The fraction of sp³-hybridized carbons (Fsp3) is 0.500. The Morgan fingerprint density at radius 2 is 2.35 bits per heavy atom. The topological polar surface area (TPSA) is 140 Å². The fourth-order valence-corrected chi connectivity index (χ4v) is 3.42. The second-order valence-electron chi connectivity index (χ2n) is 5.85. The molecule has 1 aromatic heterocycles. The number of rotatable bonds is 7. The summed E-state index contributed by atoms with van der Waals surface area (Å²) in [6.45, 7) is 3.51. The van der Waals surface area contributed by atoms with Crippen molar-refractivity contribution >= 4 is 28.4 Å². The summed E-state index contributed by atoms with van der Waals surface area (Å²) in [7, 11) is 1.44. The summed E-state index contributed by atoms with van der Waals surface area (Å²) in [5.41, 5.74) is 4.36. The number of thioether (sulfide) groups is 1. The lowest BCUT2D eigenvalue weighted by molar-refractivity contribution is -0.126. The van der Waals surface area contributed by atoms with Crippen molar-refractivity contribution in [2.75, 3.05) is 12.9 Å². The zero-order valence-electron chi connectivity index (χ0n) is 14.8. The van der Waals surface area contributed by atoms with Gasteiger partial charge in [0.25, 0.3) is 5.91 Å². The number of nitrogens with two attached hydrogens (primary N) is 1. The summed E-state index contributed by atoms with van der Waals surface area (Å²) in [6.07, 6.45) is 1.28. The van der Waals surface area contributed by atoms with Crippen molar-refractivity contribution in [2.45, 2.75) is 38.4 Å². The molecule has 1 aliphatic heterocycles. The van der Waals surface area contributed by atoms with Gasteiger partial charge in [0.15, 0.2) is 5.66 Å². The van der Waals surface area contributed by atoms with Crippen LogP contribution in [0.4, 0.5) is 0 Å². The first-order valence-corrected chi connectivity index (χ1v) is 9.02. The van der Waals surface area contributed by atoms with Gasteiger partial charge in [-0.15, -0.1) is 11.8 Å². The number of hydrogen-bond acceptors (Lipinski definition) is 9. The number of nitrogens with one attached hydrogen (secondary N) is 1. The van der Waals surface area contributed by atoms with E-state index in [0.29, 0.717) is 22.9 Å². The maximum atomic E-state index is 12.7. The summed E-state index contributed by atoms with van der Waals surface area (Å²) in [4.78, 5) is 28.6. The van der Waals surface area contributed by atoms with Gasteiger partial charge in [-0.2, -0.15) is 0 Å². The van der Waals surface area contributed by atoms with Gasteiger partial charge in [-0.1, -0.05) is 18.5 Å². The van der Waals surface area contributed by atoms with Gasteiger partial charge in [0.1, 0.15) is 22.3 Å². The zero-order chi connectivity index (χ0) is 19.3. The van der Waals surface area contributed by atoms with Crippen LogP contribution >= 0.6 is 11.8 Å². The van der Waals surface area contributed by atoms with Crippen LogP contribution < -0.4 is 21.4 Å². The van der Waals surface area contributed by atoms with Crippen molar-refractivity contribution < 1.29 is 19.2 Å². The molecular formula is C16H22N4O5S. The Hall–Kier alpha value is -2.33. The normalized spacial score (nSPS) is 21.2. The van der Waals surface area contributed by atoms with Crippen LogP contribution in [0, 0.1) is 0 Å². The van der Waals surface area contributed by atoms with E-state index in [1.54, 1.807) is 13.0 Å². The van der Waals surface area contributed by atoms with E-state index in [0.717, 1.165) is 6.42 Å². The highest BCUT2D eigenvalue weighted by atomic mass is 32.2. The van der Waals surface area contributed by atoms with E-state index in [9.17, 15) is 9.59 Å². The molecular weight excluding hydrogens is 360 g/mol. The standard InChI is InChI=1S/C16H22N4O5S/c1-4-5-11(12-6-10(24-3)7-13(21)25-12)18-15(22)16(17)8-26-14(19-16)9(2)20-23/h6-7,11,23H,4-5,8,17H2,1-3H3,(H,18,22)/b20-9-/t11-,16-/m0/s1. The zero-order valence-corrected chi connectivity index (χ0v) is 15.6. The van der Waals surface area contributed by atoms with Gasteiger partial charge in [0, 0.05) is 11.8 Å². The van der Waals surface area contributed by atoms with E-state index in [4.69, 9.17) is 20.1 Å². The lowest BCUT2D eigenvalue weighted by atomic mass is 10.1. The number of ether oxygens (including phenoxy) is 1. The van der Waals surface area contributed by atoms with E-state index in [2.05, 4.69) is 15.5 Å². The average Bonchev–Trinajstić information content (AvgIpc) is 3.03. The minimum absolute atomic E-state index is 0.210. The maximum Gasteiger partial charge on any atom is 0.339 e. The summed E-state index contributed by atoms with van der Waals surface area (Å²) in [5.74, 6) is 0.341. The molecule has 26 heavy (non-hydrogen) atoms. The van der Waals surface area contributed by atoms with Crippen LogP contribution in [-0.4, -0.2) is 40.4 Å². The minimum Gasteiger partial charge on any atom is -0.496 e. The quantitative estimate of drug-likeness (QED) is 0.366. The van der Waals surface area contributed by atoms with Crippen LogP contribution in [0.1, 0.15) is 38.5 Å². The molecule has 1 amide bonds. The number of nitrogens with zero attached hydrogens (tertiary/aromatic N) is 2. The molecule has 10 heteroatoms. The number of carbonyl (C=O) groups is 1. The van der Waals surface area contributed by atoms with Crippen LogP contribution in [0.3, 0.4) is 0 Å². The van der Waals surface area contributed by atoms with Crippen molar-refractivity contribution in [3.8, 4) is 5.75 Å². The minimum atomic E-state index is -1.49. The summed E-state index contributed by atoms with van der Waals surface area (Å²) in [6, 6.07) is 2.23. The molecule has 1 aliphatic rings. The lowest BCUT2D eigenvalue weighted by Gasteiger charge is -2.23. The third kappa shape index (κ3) is 4.44. The van der Waals surface area contributed by atoms with Crippen LogP contribution in [0.2, 0.25) is 0 Å². The summed E-state index contributed by atoms with van der Waals surface area (Å²) in [5, 5.41) is 15.1. The Morgan fingerprint density at radius 3 is 2.96 bits per heavy atom. The Bertz CT molecular complexity index is 791. The van der Waals surface area contributed by atoms with Crippen molar-refractivity contribution in [1.29, 1.82) is 0 Å². The number of hydrogen-bond donors (Lipinski definition) is 3. The van der Waals surface area contributed by atoms with Gasteiger partial charge in [0.2, 0.25) is 0 Å². The van der Waals surface area contributed by atoms with Gasteiger partial charge in [-0.25, -0.2) is 9.79 Å². The Kier molecular flexibility index (Phi) is 6.43. The molecule has 0 saturated heterocycles. The second kappa shape index (κ2) is 8.37. The monoisotopic (exact) mass is 382 g/mol. The highest BCUT2D eigenvalue weighted by Gasteiger charge is 2.40. The predicted molar refractivity (Wildman–Crippen MR) is 99.0 cm³/mol. The Morgan fingerprint density at radius 1 is 1.62 bits per heavy atom. The van der Waals surface area contributed by atoms with E-state index >= 15 is 0 Å². The molecule has 0 saturated carbocycles. The number of amides is 1. The van der Waals surface area contributed by atoms with Gasteiger partial charge < -0.3 is 19.7 Å². The van der Waals surface area contributed by atoms with Crippen LogP contribution in [-0.2, 0) is 4.79 Å². The van der Waals surface area contributed by atoms with Gasteiger partial charge in [-0.3, -0.25) is 10.5 Å². The fourth-order valence-electron chi connectivity index (χ4n) is 2.39. The first-order valence-electron chi connectivity index (χ1n) is 8.03. The molecule has 0 bridgehead atoms. The van der Waals surface area contributed by atoms with Crippen LogP contribution in [0.5, 0.6) is 5.75 Å². The number of methoxy groups -OCH3 is 1. The molecule has 142 valence electrons. The van der Waals surface area contributed by atoms with Crippen molar-refractivity contribution in [1.82, 2.24) is 5.32 Å². The summed E-state index contributed by atoms with van der Waals surface area (Å²) >= 11 is 1.24. The third-order valence-corrected chi connectivity index (χ3v) is 5.05. The molecule has 2 atom stereocenters. The first-order chi connectivity index (χ1) is 12.3. The van der Waals surface area contributed by atoms with Crippen molar-refractivity contribution in [2.24, 2.45) is 15.9 Å². The second-order valence-corrected chi connectivity index (χ2v) is 6.81. The molecule has 9 nitrogen and oxygen atoms in total. The maximum absolute atomic E-state index is 12.7. The van der Waals surface area contributed by atoms with Gasteiger partial charge in [0.05, 0.1) is 19.2 Å². The Balaban J connectivity index is 2.25. The highest BCUT2D eigenvalue weighted by molar-refractivity contribution is 8.16. The van der Waals surface area contributed by atoms with Crippen LogP contribution in [0.15, 0.2) is 31.5 Å². The molecule has 0 aliphatic carbocycles.